The molecule has 1 fully saturated rings. The summed E-state index contributed by atoms with van der Waals surface area (Å²) in [6.07, 6.45) is 2.74. The van der Waals surface area contributed by atoms with Gasteiger partial charge in [-0.05, 0) is 54.5 Å². The minimum Gasteiger partial charge on any atom is -0.493 e. The van der Waals surface area contributed by atoms with Gasteiger partial charge in [0, 0.05) is 18.2 Å². The molecule has 1 unspecified atom stereocenters. The topological polar surface area (TPSA) is 66.0 Å². The van der Waals surface area contributed by atoms with E-state index in [4.69, 9.17) is 18.9 Å². The van der Waals surface area contributed by atoms with E-state index in [1.54, 1.807) is 26.4 Å². The summed E-state index contributed by atoms with van der Waals surface area (Å²) in [5, 5.41) is 2.98. The van der Waals surface area contributed by atoms with Crippen molar-refractivity contribution >= 4 is 11.6 Å². The molecule has 148 valence electrons. The van der Waals surface area contributed by atoms with Crippen LogP contribution in [-0.2, 0) is 4.79 Å². The maximum Gasteiger partial charge on any atom is 0.224 e. The van der Waals surface area contributed by atoms with Crippen molar-refractivity contribution in [2.75, 3.05) is 32.8 Å². The predicted octanol–water partition coefficient (Wildman–Crippen LogP) is 4.00. The van der Waals surface area contributed by atoms with Crippen LogP contribution in [0.3, 0.4) is 0 Å². The van der Waals surface area contributed by atoms with Crippen LogP contribution in [-0.4, -0.2) is 33.3 Å². The smallest absolute Gasteiger partial charge is 0.224 e. The first-order valence-corrected chi connectivity index (χ1v) is 9.59. The molecule has 1 atom stereocenters. The Labute approximate surface area is 164 Å². The number of carbonyl (C=O) groups is 1. The normalized spacial score (nSPS) is 16.2. The van der Waals surface area contributed by atoms with E-state index in [2.05, 4.69) is 11.4 Å². The summed E-state index contributed by atoms with van der Waals surface area (Å²) in [4.78, 5) is 12.7. The zero-order chi connectivity index (χ0) is 19.5. The van der Waals surface area contributed by atoms with Crippen LogP contribution in [0.5, 0.6) is 23.0 Å². The number of nitrogens with one attached hydrogen (secondary N) is 1. The molecule has 0 saturated heterocycles. The number of hydrogen-bond donors (Lipinski definition) is 1. The lowest BCUT2D eigenvalue weighted by atomic mass is 9.90. The molecule has 2 aliphatic rings. The van der Waals surface area contributed by atoms with E-state index < -0.39 is 0 Å². The maximum atomic E-state index is 12.7. The molecule has 1 aliphatic heterocycles. The summed E-state index contributed by atoms with van der Waals surface area (Å²) in [5.74, 6) is 3.47. The first-order valence-electron chi connectivity index (χ1n) is 9.59. The summed E-state index contributed by atoms with van der Waals surface area (Å²) in [6, 6.07) is 11.4. The molecule has 1 heterocycles. The van der Waals surface area contributed by atoms with E-state index >= 15 is 0 Å². The van der Waals surface area contributed by atoms with Crippen molar-refractivity contribution in [3.63, 3.8) is 0 Å². The highest BCUT2D eigenvalue weighted by molar-refractivity contribution is 5.91. The van der Waals surface area contributed by atoms with Gasteiger partial charge in [0.15, 0.2) is 23.0 Å². The maximum absolute atomic E-state index is 12.7. The van der Waals surface area contributed by atoms with Crippen molar-refractivity contribution < 1.29 is 23.7 Å². The number of ether oxygens (including phenoxy) is 4. The van der Waals surface area contributed by atoms with Gasteiger partial charge in [-0.15, -0.1) is 0 Å². The minimum atomic E-state index is -0.0148. The largest absolute Gasteiger partial charge is 0.493 e. The SMILES string of the molecule is COc1ccc(NC(=O)CC(c2ccc3c(c2)OCCO3)C2CC2)cc1OC. The molecule has 0 spiro atoms. The fourth-order valence-electron chi connectivity index (χ4n) is 3.67. The minimum absolute atomic E-state index is 0.0148. The molecular weight excluding hydrogens is 358 g/mol. The van der Waals surface area contributed by atoms with E-state index in [1.807, 2.05) is 18.2 Å². The van der Waals surface area contributed by atoms with Gasteiger partial charge in [0.05, 0.1) is 14.2 Å². The van der Waals surface area contributed by atoms with Gasteiger partial charge in [-0.1, -0.05) is 6.07 Å². The molecule has 1 amide bonds. The van der Waals surface area contributed by atoms with Crippen molar-refractivity contribution in [3.05, 3.63) is 42.0 Å². The molecule has 6 nitrogen and oxygen atoms in total. The highest BCUT2D eigenvalue weighted by atomic mass is 16.6. The zero-order valence-electron chi connectivity index (χ0n) is 16.2. The second kappa shape index (κ2) is 8.00. The van der Waals surface area contributed by atoms with Crippen LogP contribution in [0.1, 0.15) is 30.7 Å². The molecule has 0 bridgehead atoms. The molecule has 0 radical (unpaired) electrons. The number of carbonyl (C=O) groups excluding carboxylic acids is 1. The lowest BCUT2D eigenvalue weighted by Gasteiger charge is -2.22. The number of rotatable bonds is 7. The lowest BCUT2D eigenvalue weighted by molar-refractivity contribution is -0.116. The highest BCUT2D eigenvalue weighted by Crippen LogP contribution is 2.46. The van der Waals surface area contributed by atoms with Crippen molar-refractivity contribution in [1.29, 1.82) is 0 Å². The van der Waals surface area contributed by atoms with Gasteiger partial charge in [0.1, 0.15) is 13.2 Å². The van der Waals surface area contributed by atoms with Crippen molar-refractivity contribution in [2.24, 2.45) is 5.92 Å². The van der Waals surface area contributed by atoms with Gasteiger partial charge < -0.3 is 24.3 Å². The van der Waals surface area contributed by atoms with E-state index in [9.17, 15) is 4.79 Å². The van der Waals surface area contributed by atoms with Crippen molar-refractivity contribution in [2.45, 2.75) is 25.2 Å². The highest BCUT2D eigenvalue weighted by Gasteiger charge is 2.34. The Bertz CT molecular complexity index is 862. The predicted molar refractivity (Wildman–Crippen MR) is 106 cm³/mol. The van der Waals surface area contributed by atoms with Crippen LogP contribution in [0, 0.1) is 5.92 Å². The molecule has 1 aliphatic carbocycles. The Morgan fingerprint density at radius 2 is 1.79 bits per heavy atom. The van der Waals surface area contributed by atoms with E-state index in [0.29, 0.717) is 42.7 Å². The van der Waals surface area contributed by atoms with Crippen LogP contribution in [0.25, 0.3) is 0 Å². The number of amides is 1. The summed E-state index contributed by atoms with van der Waals surface area (Å²) >= 11 is 0. The Hall–Kier alpha value is -2.89. The van der Waals surface area contributed by atoms with Gasteiger partial charge in [-0.2, -0.15) is 0 Å². The number of fused-ring (bicyclic) bond motifs is 1. The van der Waals surface area contributed by atoms with Gasteiger partial charge in [-0.25, -0.2) is 0 Å². The molecule has 1 saturated carbocycles. The second-order valence-electron chi connectivity index (χ2n) is 7.17. The molecule has 28 heavy (non-hydrogen) atoms. The van der Waals surface area contributed by atoms with Gasteiger partial charge >= 0.3 is 0 Å². The van der Waals surface area contributed by atoms with Gasteiger partial charge in [0.2, 0.25) is 5.91 Å². The number of methoxy groups -OCH3 is 2. The van der Waals surface area contributed by atoms with Crippen LogP contribution in [0.2, 0.25) is 0 Å². The van der Waals surface area contributed by atoms with Crippen LogP contribution in [0.4, 0.5) is 5.69 Å². The monoisotopic (exact) mass is 383 g/mol. The van der Waals surface area contributed by atoms with Crippen LogP contribution in [0.15, 0.2) is 36.4 Å². The third kappa shape index (κ3) is 4.01. The molecule has 2 aromatic carbocycles. The Balaban J connectivity index is 1.47. The first kappa shape index (κ1) is 18.5. The van der Waals surface area contributed by atoms with Crippen LogP contribution < -0.4 is 24.3 Å². The van der Waals surface area contributed by atoms with Gasteiger partial charge in [-0.3, -0.25) is 4.79 Å². The number of hydrogen-bond acceptors (Lipinski definition) is 5. The summed E-state index contributed by atoms with van der Waals surface area (Å²) < 4.78 is 21.9. The third-order valence-corrected chi connectivity index (χ3v) is 5.26. The van der Waals surface area contributed by atoms with E-state index in [0.717, 1.165) is 29.9 Å². The summed E-state index contributed by atoms with van der Waals surface area (Å²) in [6.45, 7) is 1.14. The number of anilines is 1. The first-order chi connectivity index (χ1) is 13.7. The Kier molecular flexibility index (Phi) is 5.28. The van der Waals surface area contributed by atoms with E-state index in [1.165, 1.54) is 0 Å². The quantitative estimate of drug-likeness (QED) is 0.783. The fourth-order valence-corrected chi connectivity index (χ4v) is 3.67. The molecule has 2 aromatic rings. The molecule has 4 rings (SSSR count). The van der Waals surface area contributed by atoms with Crippen molar-refractivity contribution in [1.82, 2.24) is 0 Å². The average Bonchev–Trinajstić information content (AvgIpc) is 3.56. The average molecular weight is 383 g/mol. The molecule has 0 aromatic heterocycles. The Morgan fingerprint density at radius 1 is 1.04 bits per heavy atom. The lowest BCUT2D eigenvalue weighted by Crippen LogP contribution is -2.18. The van der Waals surface area contributed by atoms with Crippen LogP contribution >= 0.6 is 0 Å². The molecule has 1 N–H and O–H groups in total. The summed E-state index contributed by atoms with van der Waals surface area (Å²) in [5.41, 5.74) is 1.83. The summed E-state index contributed by atoms with van der Waals surface area (Å²) in [7, 11) is 3.16. The fraction of sp³-hybridized carbons (Fsp3) is 0.409. The standard InChI is InChI=1S/C22H25NO5/c1-25-18-8-6-16(12-20(18)26-2)23-22(24)13-17(14-3-4-14)15-5-7-19-21(11-15)28-10-9-27-19/h5-8,11-12,14,17H,3-4,9-10,13H2,1-2H3,(H,23,24). The van der Waals surface area contributed by atoms with E-state index in [-0.39, 0.29) is 11.8 Å². The van der Waals surface area contributed by atoms with Gasteiger partial charge in [0.25, 0.3) is 0 Å². The second-order valence-corrected chi connectivity index (χ2v) is 7.17. The number of benzene rings is 2. The Morgan fingerprint density at radius 3 is 2.50 bits per heavy atom. The molecular formula is C22H25NO5. The zero-order valence-corrected chi connectivity index (χ0v) is 16.2. The molecule has 6 heteroatoms. The van der Waals surface area contributed by atoms with Crippen molar-refractivity contribution in [3.8, 4) is 23.0 Å². The third-order valence-electron chi connectivity index (χ3n) is 5.26.